The maximum absolute atomic E-state index is 12.0. The average molecular weight is 357 g/mol. The number of carbonyl (C=O) groups is 1. The van der Waals surface area contributed by atoms with Crippen LogP contribution in [0.25, 0.3) is 0 Å². The number of halogens is 1. The standard InChI is InChI=1S/C11H13BrN6O3/c1-21-8(19)5-18-11(20)9(12)7(4-16-18)14-2-6-3-15-17-10(6)13/h3-4,14H,2,5H2,1H3,(H3,13,15,17). The Hall–Kier alpha value is -2.36. The molecule has 0 radical (unpaired) electrons. The third kappa shape index (κ3) is 3.40. The van der Waals surface area contributed by atoms with Crippen molar-refractivity contribution in [3.05, 3.63) is 32.8 Å². The molecule has 2 heterocycles. The molecule has 0 atom stereocenters. The molecule has 10 heteroatoms. The molecule has 0 saturated carbocycles. The lowest BCUT2D eigenvalue weighted by Gasteiger charge is -2.09. The molecule has 2 rings (SSSR count). The topological polar surface area (TPSA) is 128 Å². The molecule has 0 aliphatic rings. The van der Waals surface area contributed by atoms with Gasteiger partial charge in [-0.3, -0.25) is 14.7 Å². The minimum atomic E-state index is -0.552. The highest BCUT2D eigenvalue weighted by Crippen LogP contribution is 2.18. The second-order valence-electron chi connectivity index (χ2n) is 4.07. The number of rotatable bonds is 5. The highest BCUT2D eigenvalue weighted by molar-refractivity contribution is 9.10. The average Bonchev–Trinajstić information content (AvgIpc) is 2.88. The maximum atomic E-state index is 12.0. The molecule has 0 bridgehead atoms. The van der Waals surface area contributed by atoms with Gasteiger partial charge in [0.2, 0.25) is 0 Å². The van der Waals surface area contributed by atoms with Crippen LogP contribution in [-0.2, 0) is 22.6 Å². The molecule has 0 saturated heterocycles. The lowest BCUT2D eigenvalue weighted by atomic mass is 10.3. The van der Waals surface area contributed by atoms with E-state index in [0.717, 1.165) is 10.2 Å². The number of anilines is 2. The van der Waals surface area contributed by atoms with Crippen LogP contribution in [0.15, 0.2) is 21.7 Å². The summed E-state index contributed by atoms with van der Waals surface area (Å²) in [4.78, 5) is 23.2. The minimum Gasteiger partial charge on any atom is -0.468 e. The van der Waals surface area contributed by atoms with Gasteiger partial charge < -0.3 is 15.8 Å². The van der Waals surface area contributed by atoms with Crippen LogP contribution in [0.3, 0.4) is 0 Å². The van der Waals surface area contributed by atoms with Gasteiger partial charge >= 0.3 is 5.97 Å². The third-order valence-electron chi connectivity index (χ3n) is 2.71. The summed E-state index contributed by atoms with van der Waals surface area (Å²) in [6.07, 6.45) is 3.02. The first-order chi connectivity index (χ1) is 10.0. The van der Waals surface area contributed by atoms with Crippen molar-refractivity contribution in [3.8, 4) is 0 Å². The zero-order valence-electron chi connectivity index (χ0n) is 11.1. The first-order valence-corrected chi connectivity index (χ1v) is 6.66. The second-order valence-corrected chi connectivity index (χ2v) is 4.87. The van der Waals surface area contributed by atoms with Crippen molar-refractivity contribution in [1.82, 2.24) is 20.0 Å². The van der Waals surface area contributed by atoms with Gasteiger partial charge in [-0.05, 0) is 15.9 Å². The molecular weight excluding hydrogens is 344 g/mol. The maximum Gasteiger partial charge on any atom is 0.327 e. The van der Waals surface area contributed by atoms with Gasteiger partial charge in [0.1, 0.15) is 16.8 Å². The van der Waals surface area contributed by atoms with Crippen LogP contribution in [0.4, 0.5) is 11.5 Å². The van der Waals surface area contributed by atoms with Crippen molar-refractivity contribution < 1.29 is 9.53 Å². The highest BCUT2D eigenvalue weighted by Gasteiger charge is 2.12. The molecular formula is C11H13BrN6O3. The molecule has 2 aromatic heterocycles. The van der Waals surface area contributed by atoms with Crippen molar-refractivity contribution in [2.24, 2.45) is 0 Å². The fraction of sp³-hybridized carbons (Fsp3) is 0.273. The number of esters is 1. The Labute approximate surface area is 127 Å². The van der Waals surface area contributed by atoms with E-state index in [1.54, 1.807) is 6.20 Å². The smallest absolute Gasteiger partial charge is 0.327 e. The van der Waals surface area contributed by atoms with E-state index in [4.69, 9.17) is 5.73 Å². The SMILES string of the molecule is COC(=O)Cn1ncc(NCc2cn[nH]c2N)c(Br)c1=O. The summed E-state index contributed by atoms with van der Waals surface area (Å²) in [6.45, 7) is 0.131. The summed E-state index contributed by atoms with van der Waals surface area (Å²) >= 11 is 3.18. The van der Waals surface area contributed by atoms with Crippen LogP contribution in [-0.4, -0.2) is 33.1 Å². The molecule has 4 N–H and O–H groups in total. The lowest BCUT2D eigenvalue weighted by molar-refractivity contribution is -0.141. The van der Waals surface area contributed by atoms with Gasteiger partial charge in [-0.1, -0.05) is 0 Å². The van der Waals surface area contributed by atoms with E-state index in [1.807, 2.05) is 0 Å². The van der Waals surface area contributed by atoms with Gasteiger partial charge in [0.15, 0.2) is 0 Å². The van der Waals surface area contributed by atoms with E-state index in [0.29, 0.717) is 18.1 Å². The van der Waals surface area contributed by atoms with Crippen molar-refractivity contribution in [2.45, 2.75) is 13.1 Å². The number of nitrogens with one attached hydrogen (secondary N) is 2. The number of nitrogens with two attached hydrogens (primary N) is 1. The molecule has 0 aromatic carbocycles. The molecule has 21 heavy (non-hydrogen) atoms. The molecule has 0 spiro atoms. The van der Waals surface area contributed by atoms with E-state index in [1.165, 1.54) is 13.3 Å². The molecule has 0 aliphatic carbocycles. The van der Waals surface area contributed by atoms with Gasteiger partial charge in [-0.2, -0.15) is 10.2 Å². The van der Waals surface area contributed by atoms with Crippen molar-refractivity contribution in [3.63, 3.8) is 0 Å². The van der Waals surface area contributed by atoms with Crippen LogP contribution in [0.2, 0.25) is 0 Å². The van der Waals surface area contributed by atoms with Gasteiger partial charge in [-0.25, -0.2) is 4.68 Å². The zero-order chi connectivity index (χ0) is 15.4. The van der Waals surface area contributed by atoms with E-state index in [9.17, 15) is 9.59 Å². The Balaban J connectivity index is 2.15. The van der Waals surface area contributed by atoms with Gasteiger partial charge in [0, 0.05) is 12.1 Å². The van der Waals surface area contributed by atoms with E-state index in [-0.39, 0.29) is 11.0 Å². The molecule has 0 unspecified atom stereocenters. The van der Waals surface area contributed by atoms with E-state index >= 15 is 0 Å². The molecule has 9 nitrogen and oxygen atoms in total. The predicted octanol–water partition coefficient (Wildman–Crippen LogP) is 0.0962. The van der Waals surface area contributed by atoms with Crippen LogP contribution in [0.5, 0.6) is 0 Å². The Kier molecular flexibility index (Phi) is 4.58. The molecule has 2 aromatic rings. The van der Waals surface area contributed by atoms with E-state index in [2.05, 4.69) is 41.3 Å². The number of nitrogens with zero attached hydrogens (tertiary/aromatic N) is 3. The summed E-state index contributed by atoms with van der Waals surface area (Å²) in [5.41, 5.74) is 6.48. The number of hydrogen-bond donors (Lipinski definition) is 3. The fourth-order valence-corrected chi connectivity index (χ4v) is 1.99. The summed E-state index contributed by atoms with van der Waals surface area (Å²) in [6, 6.07) is 0. The van der Waals surface area contributed by atoms with Crippen LogP contribution < -0.4 is 16.6 Å². The monoisotopic (exact) mass is 356 g/mol. The Morgan fingerprint density at radius 2 is 2.33 bits per heavy atom. The number of nitrogen functional groups attached to an aromatic ring is 1. The van der Waals surface area contributed by atoms with Crippen LogP contribution in [0, 0.1) is 0 Å². The van der Waals surface area contributed by atoms with Crippen LogP contribution in [0.1, 0.15) is 5.56 Å². The number of H-pyrrole nitrogens is 1. The first-order valence-electron chi connectivity index (χ1n) is 5.87. The number of methoxy groups -OCH3 is 1. The van der Waals surface area contributed by atoms with Gasteiger partial charge in [-0.15, -0.1) is 0 Å². The normalized spacial score (nSPS) is 10.4. The van der Waals surface area contributed by atoms with Gasteiger partial charge in [0.05, 0.1) is 25.2 Å². The zero-order valence-corrected chi connectivity index (χ0v) is 12.7. The largest absolute Gasteiger partial charge is 0.468 e. The summed E-state index contributed by atoms with van der Waals surface area (Å²) in [5.74, 6) is -0.103. The first kappa shape index (κ1) is 15.0. The Morgan fingerprint density at radius 1 is 1.57 bits per heavy atom. The van der Waals surface area contributed by atoms with Crippen molar-refractivity contribution >= 4 is 33.4 Å². The fourth-order valence-electron chi connectivity index (χ4n) is 1.54. The second kappa shape index (κ2) is 6.39. The molecule has 0 aliphatic heterocycles. The number of aromatic amines is 1. The molecule has 0 fully saturated rings. The number of carbonyl (C=O) groups excluding carboxylic acids is 1. The molecule has 112 valence electrons. The number of hydrogen-bond acceptors (Lipinski definition) is 7. The predicted molar refractivity (Wildman–Crippen MR) is 78.5 cm³/mol. The van der Waals surface area contributed by atoms with E-state index < -0.39 is 11.5 Å². The summed E-state index contributed by atoms with van der Waals surface area (Å²) in [5, 5.41) is 13.3. The van der Waals surface area contributed by atoms with Gasteiger partial charge in [0.25, 0.3) is 5.56 Å². The summed E-state index contributed by atoms with van der Waals surface area (Å²) < 4.78 is 5.77. The Morgan fingerprint density at radius 3 is 2.95 bits per heavy atom. The van der Waals surface area contributed by atoms with Crippen LogP contribution >= 0.6 is 15.9 Å². The highest BCUT2D eigenvalue weighted by atomic mass is 79.9. The minimum absolute atomic E-state index is 0.247. The number of aromatic nitrogens is 4. The van der Waals surface area contributed by atoms with Crippen molar-refractivity contribution in [2.75, 3.05) is 18.2 Å². The number of ether oxygens (including phenoxy) is 1. The lowest BCUT2D eigenvalue weighted by Crippen LogP contribution is -2.28. The molecule has 0 amide bonds. The van der Waals surface area contributed by atoms with Crippen molar-refractivity contribution in [1.29, 1.82) is 0 Å². The Bertz CT molecular complexity index is 710. The summed E-state index contributed by atoms with van der Waals surface area (Å²) in [7, 11) is 1.24. The third-order valence-corrected chi connectivity index (χ3v) is 3.48. The quantitative estimate of drug-likeness (QED) is 0.647.